The second-order valence-electron chi connectivity index (χ2n) is 5.32. The van der Waals surface area contributed by atoms with Gasteiger partial charge in [-0.1, -0.05) is 48.5 Å². The van der Waals surface area contributed by atoms with Gasteiger partial charge in [-0.25, -0.2) is 0 Å². The van der Waals surface area contributed by atoms with E-state index in [1.54, 1.807) is 24.3 Å². The first kappa shape index (κ1) is 16.6. The van der Waals surface area contributed by atoms with Gasteiger partial charge in [-0.05, 0) is 12.1 Å². The van der Waals surface area contributed by atoms with Crippen molar-refractivity contribution in [3.05, 3.63) is 72.1 Å². The molecular formula is C19H16N2O4. The van der Waals surface area contributed by atoms with Gasteiger partial charge >= 0.3 is 5.97 Å². The Morgan fingerprint density at radius 3 is 2.32 bits per heavy atom. The van der Waals surface area contributed by atoms with Crippen molar-refractivity contribution in [1.82, 2.24) is 10.2 Å². The van der Waals surface area contributed by atoms with Gasteiger partial charge < -0.3 is 9.15 Å². The lowest BCUT2D eigenvalue weighted by Crippen LogP contribution is -2.14. The number of benzene rings is 2. The first-order valence-electron chi connectivity index (χ1n) is 7.84. The largest absolute Gasteiger partial charge is 0.457 e. The molecule has 1 heterocycles. The number of hydrogen-bond acceptors (Lipinski definition) is 6. The van der Waals surface area contributed by atoms with E-state index >= 15 is 0 Å². The highest BCUT2D eigenvalue weighted by molar-refractivity contribution is 5.97. The van der Waals surface area contributed by atoms with Gasteiger partial charge in [0.2, 0.25) is 11.8 Å². The smallest absolute Gasteiger partial charge is 0.306 e. The number of nitrogens with zero attached hydrogens (tertiary/aromatic N) is 2. The van der Waals surface area contributed by atoms with E-state index in [0.717, 1.165) is 5.56 Å². The third-order valence-electron chi connectivity index (χ3n) is 3.49. The van der Waals surface area contributed by atoms with E-state index in [-0.39, 0.29) is 25.2 Å². The third kappa shape index (κ3) is 4.60. The van der Waals surface area contributed by atoms with Gasteiger partial charge in [0.1, 0.15) is 0 Å². The molecule has 0 amide bonds. The second-order valence-corrected chi connectivity index (χ2v) is 5.32. The van der Waals surface area contributed by atoms with Gasteiger partial charge in [-0.3, -0.25) is 9.59 Å². The van der Waals surface area contributed by atoms with Crippen LogP contribution in [-0.4, -0.2) is 28.6 Å². The van der Waals surface area contributed by atoms with Crippen molar-refractivity contribution in [3.63, 3.8) is 0 Å². The molecule has 1 aromatic heterocycles. The normalized spacial score (nSPS) is 10.4. The summed E-state index contributed by atoms with van der Waals surface area (Å²) in [6.45, 7) is -0.276. The fourth-order valence-electron chi connectivity index (χ4n) is 2.19. The molecule has 3 aromatic rings. The molecule has 126 valence electrons. The molecule has 0 unspecified atom stereocenters. The van der Waals surface area contributed by atoms with Gasteiger partial charge in [0.05, 0.1) is 6.42 Å². The molecule has 0 fully saturated rings. The SMILES string of the molecule is O=C(CCc1nnc(-c2ccccc2)o1)OCC(=O)c1ccccc1. The summed E-state index contributed by atoms with van der Waals surface area (Å²) >= 11 is 0. The number of hydrogen-bond donors (Lipinski definition) is 0. The summed E-state index contributed by atoms with van der Waals surface area (Å²) in [6.07, 6.45) is 0.330. The molecule has 0 atom stereocenters. The molecule has 3 rings (SSSR count). The minimum Gasteiger partial charge on any atom is -0.457 e. The van der Waals surface area contributed by atoms with Crippen LogP contribution in [0.15, 0.2) is 65.1 Å². The van der Waals surface area contributed by atoms with Crippen molar-refractivity contribution in [2.75, 3.05) is 6.61 Å². The van der Waals surface area contributed by atoms with E-state index in [1.165, 1.54) is 0 Å². The Morgan fingerprint density at radius 2 is 1.60 bits per heavy atom. The Hall–Kier alpha value is -3.28. The maximum atomic E-state index is 11.9. The lowest BCUT2D eigenvalue weighted by atomic mass is 10.1. The van der Waals surface area contributed by atoms with Crippen LogP contribution in [0.25, 0.3) is 11.5 Å². The summed E-state index contributed by atoms with van der Waals surface area (Å²) < 4.78 is 10.5. The van der Waals surface area contributed by atoms with E-state index in [4.69, 9.17) is 9.15 Å². The number of ether oxygens (including phenoxy) is 1. The molecule has 0 aliphatic rings. The average Bonchev–Trinajstić information content (AvgIpc) is 3.15. The molecule has 0 radical (unpaired) electrons. The highest BCUT2D eigenvalue weighted by Crippen LogP contribution is 2.17. The zero-order chi connectivity index (χ0) is 17.5. The number of carbonyl (C=O) groups excluding carboxylic acids is 2. The number of ketones is 1. The molecule has 6 nitrogen and oxygen atoms in total. The Balaban J connectivity index is 1.47. The molecule has 0 saturated carbocycles. The summed E-state index contributed by atoms with van der Waals surface area (Å²) in [5.74, 6) is 0.0373. The van der Waals surface area contributed by atoms with Crippen LogP contribution in [0.3, 0.4) is 0 Å². The van der Waals surface area contributed by atoms with Gasteiger partial charge in [0, 0.05) is 17.5 Å². The molecule has 0 aliphatic carbocycles. The van der Waals surface area contributed by atoms with Crippen molar-refractivity contribution in [2.45, 2.75) is 12.8 Å². The van der Waals surface area contributed by atoms with Gasteiger partial charge in [0.25, 0.3) is 0 Å². The van der Waals surface area contributed by atoms with Gasteiger partial charge in [0.15, 0.2) is 12.4 Å². The van der Waals surface area contributed by atoms with Gasteiger partial charge in [-0.2, -0.15) is 0 Å². The second kappa shape index (κ2) is 8.01. The monoisotopic (exact) mass is 336 g/mol. The van der Waals surface area contributed by atoms with E-state index in [1.807, 2.05) is 36.4 Å². The molecule has 25 heavy (non-hydrogen) atoms. The number of aromatic nitrogens is 2. The van der Waals surface area contributed by atoms with Crippen molar-refractivity contribution >= 4 is 11.8 Å². The minimum atomic E-state index is -0.483. The summed E-state index contributed by atoms with van der Waals surface area (Å²) in [5.41, 5.74) is 1.33. The quantitative estimate of drug-likeness (QED) is 0.487. The number of aryl methyl sites for hydroxylation is 1. The molecule has 0 bridgehead atoms. The van der Waals surface area contributed by atoms with Crippen LogP contribution in [0.4, 0.5) is 0 Å². The molecule has 0 N–H and O–H groups in total. The van der Waals surface area contributed by atoms with Crippen LogP contribution in [0, 0.1) is 0 Å². The summed E-state index contributed by atoms with van der Waals surface area (Å²) in [7, 11) is 0. The van der Waals surface area contributed by atoms with Crippen LogP contribution >= 0.6 is 0 Å². The van der Waals surface area contributed by atoms with Crippen LogP contribution in [-0.2, 0) is 16.0 Å². The maximum Gasteiger partial charge on any atom is 0.306 e. The zero-order valence-electron chi connectivity index (χ0n) is 13.4. The fraction of sp³-hybridized carbons (Fsp3) is 0.158. The van der Waals surface area contributed by atoms with Crippen LogP contribution < -0.4 is 0 Å². The molecule has 0 saturated heterocycles. The average molecular weight is 336 g/mol. The first-order valence-corrected chi connectivity index (χ1v) is 7.84. The van der Waals surface area contributed by atoms with Crippen molar-refractivity contribution in [3.8, 4) is 11.5 Å². The first-order chi connectivity index (χ1) is 12.2. The maximum absolute atomic E-state index is 11.9. The zero-order valence-corrected chi connectivity index (χ0v) is 13.4. The van der Waals surface area contributed by atoms with Crippen LogP contribution in [0.2, 0.25) is 0 Å². The minimum absolute atomic E-state index is 0.0679. The van der Waals surface area contributed by atoms with Crippen molar-refractivity contribution in [1.29, 1.82) is 0 Å². The lowest BCUT2D eigenvalue weighted by molar-refractivity contribution is -0.142. The van der Waals surface area contributed by atoms with E-state index in [9.17, 15) is 9.59 Å². The van der Waals surface area contributed by atoms with Crippen molar-refractivity contribution < 1.29 is 18.7 Å². The van der Waals surface area contributed by atoms with Crippen molar-refractivity contribution in [2.24, 2.45) is 0 Å². The number of Topliss-reactive ketones (excluding diaryl/α,β-unsaturated/α-hetero) is 1. The third-order valence-corrected chi connectivity index (χ3v) is 3.49. The Kier molecular flexibility index (Phi) is 5.31. The van der Waals surface area contributed by atoms with Gasteiger partial charge in [-0.15, -0.1) is 10.2 Å². The van der Waals surface area contributed by atoms with Crippen LogP contribution in [0.5, 0.6) is 0 Å². The number of esters is 1. The standard InChI is InChI=1S/C19H16N2O4/c22-16(14-7-3-1-4-8-14)13-24-18(23)12-11-17-20-21-19(25-17)15-9-5-2-6-10-15/h1-10H,11-13H2. The predicted molar refractivity (Wildman–Crippen MR) is 89.8 cm³/mol. The predicted octanol–water partition coefficient (Wildman–Crippen LogP) is 3.10. The molecule has 0 aliphatic heterocycles. The Bertz CT molecular complexity index is 844. The summed E-state index contributed by atoms with van der Waals surface area (Å²) in [6, 6.07) is 18.1. The summed E-state index contributed by atoms with van der Waals surface area (Å²) in [4.78, 5) is 23.6. The number of carbonyl (C=O) groups is 2. The van der Waals surface area contributed by atoms with Crippen LogP contribution in [0.1, 0.15) is 22.7 Å². The highest BCUT2D eigenvalue weighted by Gasteiger charge is 2.13. The molecule has 0 spiro atoms. The highest BCUT2D eigenvalue weighted by atomic mass is 16.5. The Morgan fingerprint density at radius 1 is 0.920 bits per heavy atom. The van der Waals surface area contributed by atoms with E-state index in [0.29, 0.717) is 17.3 Å². The molecule has 6 heteroatoms. The number of rotatable bonds is 7. The van der Waals surface area contributed by atoms with E-state index < -0.39 is 5.97 Å². The topological polar surface area (TPSA) is 82.3 Å². The fourth-order valence-corrected chi connectivity index (χ4v) is 2.19. The molecule has 2 aromatic carbocycles. The summed E-state index contributed by atoms with van der Waals surface area (Å²) in [5, 5.41) is 7.87. The van der Waals surface area contributed by atoms with E-state index in [2.05, 4.69) is 10.2 Å². The molecular weight excluding hydrogens is 320 g/mol. The lowest BCUT2D eigenvalue weighted by Gasteiger charge is -2.03. The Labute approximate surface area is 144 Å².